The zero-order valence-electron chi connectivity index (χ0n) is 15.2. The summed E-state index contributed by atoms with van der Waals surface area (Å²) in [7, 11) is 0. The lowest BCUT2D eigenvalue weighted by atomic mass is 10.1. The van der Waals surface area contributed by atoms with Crippen molar-refractivity contribution in [1.29, 1.82) is 0 Å². The van der Waals surface area contributed by atoms with Crippen molar-refractivity contribution in [2.75, 3.05) is 19.6 Å². The van der Waals surface area contributed by atoms with E-state index in [9.17, 15) is 0 Å². The van der Waals surface area contributed by atoms with E-state index >= 15 is 0 Å². The highest BCUT2D eigenvalue weighted by Gasteiger charge is 2.13. The van der Waals surface area contributed by atoms with Crippen LogP contribution in [0.15, 0.2) is 4.99 Å². The molecular weight excluding hydrogens is 375 g/mol. The third-order valence-corrected chi connectivity index (χ3v) is 3.66. The first kappa shape index (κ1) is 23.2. The predicted molar refractivity (Wildman–Crippen MR) is 106 cm³/mol. The Balaban J connectivity index is 0. The monoisotopic (exact) mass is 412 g/mol. The smallest absolute Gasteiger partial charge is 0.191 e. The highest BCUT2D eigenvalue weighted by molar-refractivity contribution is 14.0. The molecule has 0 amide bonds. The molecule has 0 aromatic rings. The Morgan fingerprint density at radius 2 is 1.52 bits per heavy atom. The van der Waals surface area contributed by atoms with Crippen molar-refractivity contribution in [1.82, 2.24) is 15.5 Å². The second-order valence-electron chi connectivity index (χ2n) is 6.36. The number of guanidine groups is 1. The Morgan fingerprint density at radius 1 is 1.00 bits per heavy atom. The fourth-order valence-corrected chi connectivity index (χ4v) is 2.09. The Kier molecular flexibility index (Phi) is 13.8. The molecule has 128 valence electrons. The molecule has 1 unspecified atom stereocenters. The molecule has 0 spiro atoms. The van der Waals surface area contributed by atoms with E-state index < -0.39 is 0 Å². The zero-order valence-corrected chi connectivity index (χ0v) is 17.6. The fourth-order valence-electron chi connectivity index (χ4n) is 2.09. The van der Waals surface area contributed by atoms with Crippen molar-refractivity contribution in [3.05, 3.63) is 0 Å². The van der Waals surface area contributed by atoms with E-state index in [1.54, 1.807) is 0 Å². The van der Waals surface area contributed by atoms with Crippen LogP contribution in [0.3, 0.4) is 0 Å². The minimum atomic E-state index is 0. The molecule has 0 saturated heterocycles. The summed E-state index contributed by atoms with van der Waals surface area (Å²) in [5.41, 5.74) is 0. The van der Waals surface area contributed by atoms with Gasteiger partial charge in [0, 0.05) is 31.2 Å². The van der Waals surface area contributed by atoms with E-state index in [4.69, 9.17) is 4.99 Å². The summed E-state index contributed by atoms with van der Waals surface area (Å²) in [6, 6.07) is 1.56. The van der Waals surface area contributed by atoms with Crippen LogP contribution in [0.4, 0.5) is 0 Å². The van der Waals surface area contributed by atoms with Crippen LogP contribution in [-0.2, 0) is 0 Å². The highest BCUT2D eigenvalue weighted by Crippen LogP contribution is 2.04. The third-order valence-electron chi connectivity index (χ3n) is 3.66. The molecule has 2 N–H and O–H groups in total. The van der Waals surface area contributed by atoms with Gasteiger partial charge in [-0.15, -0.1) is 24.0 Å². The molecule has 0 heterocycles. The maximum Gasteiger partial charge on any atom is 0.191 e. The molecule has 4 nitrogen and oxygen atoms in total. The van der Waals surface area contributed by atoms with Crippen molar-refractivity contribution in [2.45, 2.75) is 73.5 Å². The molecule has 1 atom stereocenters. The standard InChI is InChI=1S/C16H36N4.HI/c1-9-17-16(19-15(8)12(2)3)18-10-11-20(13(4)5)14(6)7;/h12-15H,9-11H2,1-8H3,(H2,17,18,19);1H. The van der Waals surface area contributed by atoms with Crippen LogP contribution in [0.5, 0.6) is 0 Å². The minimum absolute atomic E-state index is 0. The van der Waals surface area contributed by atoms with Gasteiger partial charge in [0.2, 0.25) is 0 Å². The van der Waals surface area contributed by atoms with Crippen molar-refractivity contribution < 1.29 is 0 Å². The van der Waals surface area contributed by atoms with E-state index in [1.165, 1.54) is 0 Å². The summed E-state index contributed by atoms with van der Waals surface area (Å²) in [5.74, 6) is 1.53. The first-order valence-corrected chi connectivity index (χ1v) is 8.10. The number of hydrogen-bond acceptors (Lipinski definition) is 2. The van der Waals surface area contributed by atoms with E-state index in [2.05, 4.69) is 70.9 Å². The summed E-state index contributed by atoms with van der Waals surface area (Å²) >= 11 is 0. The molecule has 0 aliphatic rings. The largest absolute Gasteiger partial charge is 0.357 e. The molecule has 0 aliphatic heterocycles. The van der Waals surface area contributed by atoms with E-state index in [0.717, 1.165) is 25.6 Å². The van der Waals surface area contributed by atoms with Crippen LogP contribution in [0.25, 0.3) is 0 Å². The molecule has 21 heavy (non-hydrogen) atoms. The maximum atomic E-state index is 4.69. The molecule has 0 rings (SSSR count). The van der Waals surface area contributed by atoms with Crippen LogP contribution < -0.4 is 10.6 Å². The topological polar surface area (TPSA) is 39.7 Å². The van der Waals surface area contributed by atoms with Crippen molar-refractivity contribution in [3.8, 4) is 0 Å². The Hall–Kier alpha value is -0.0400. The molecule has 0 bridgehead atoms. The Morgan fingerprint density at radius 3 is 1.90 bits per heavy atom. The second kappa shape index (κ2) is 12.5. The van der Waals surface area contributed by atoms with Crippen LogP contribution in [0.2, 0.25) is 0 Å². The van der Waals surface area contributed by atoms with Gasteiger partial charge >= 0.3 is 0 Å². The quantitative estimate of drug-likeness (QED) is 0.365. The van der Waals surface area contributed by atoms with Gasteiger partial charge in [0.1, 0.15) is 0 Å². The minimum Gasteiger partial charge on any atom is -0.357 e. The van der Waals surface area contributed by atoms with Crippen molar-refractivity contribution in [3.63, 3.8) is 0 Å². The van der Waals surface area contributed by atoms with Gasteiger partial charge < -0.3 is 10.6 Å². The number of aliphatic imine (C=N–C) groups is 1. The Bertz CT molecular complexity index is 269. The highest BCUT2D eigenvalue weighted by atomic mass is 127. The molecule has 0 aliphatic carbocycles. The van der Waals surface area contributed by atoms with Crippen LogP contribution in [0.1, 0.15) is 55.4 Å². The summed E-state index contributed by atoms with van der Waals surface area (Å²) in [5, 5.41) is 6.79. The number of hydrogen-bond donors (Lipinski definition) is 2. The lowest BCUT2D eigenvalue weighted by Gasteiger charge is -2.30. The van der Waals surface area contributed by atoms with Crippen LogP contribution in [-0.4, -0.2) is 48.6 Å². The van der Waals surface area contributed by atoms with Gasteiger partial charge in [0.05, 0.1) is 6.54 Å². The fraction of sp³-hybridized carbons (Fsp3) is 0.938. The van der Waals surface area contributed by atoms with Gasteiger partial charge in [-0.3, -0.25) is 9.89 Å². The number of nitrogens with zero attached hydrogens (tertiary/aromatic N) is 2. The summed E-state index contributed by atoms with van der Waals surface area (Å²) in [6.07, 6.45) is 0. The summed E-state index contributed by atoms with van der Waals surface area (Å²) in [6.45, 7) is 20.5. The maximum absolute atomic E-state index is 4.69. The Labute approximate surface area is 149 Å². The lowest BCUT2D eigenvalue weighted by Crippen LogP contribution is -2.45. The van der Waals surface area contributed by atoms with Gasteiger partial charge in [-0.05, 0) is 47.5 Å². The second-order valence-corrected chi connectivity index (χ2v) is 6.36. The van der Waals surface area contributed by atoms with Gasteiger partial charge in [-0.25, -0.2) is 0 Å². The molecule has 0 fully saturated rings. The molecule has 0 radical (unpaired) electrons. The van der Waals surface area contributed by atoms with Crippen molar-refractivity contribution >= 4 is 29.9 Å². The average Bonchev–Trinajstić information content (AvgIpc) is 2.33. The van der Waals surface area contributed by atoms with E-state index in [1.807, 2.05) is 0 Å². The van der Waals surface area contributed by atoms with Gasteiger partial charge in [-0.2, -0.15) is 0 Å². The van der Waals surface area contributed by atoms with Gasteiger partial charge in [0.15, 0.2) is 5.96 Å². The van der Waals surface area contributed by atoms with Crippen LogP contribution >= 0.6 is 24.0 Å². The van der Waals surface area contributed by atoms with E-state index in [-0.39, 0.29) is 24.0 Å². The first-order chi connectivity index (χ1) is 9.29. The molecule has 0 saturated carbocycles. The third kappa shape index (κ3) is 10.3. The zero-order chi connectivity index (χ0) is 15.7. The number of nitrogens with one attached hydrogen (secondary N) is 2. The normalized spacial score (nSPS) is 13.8. The molecular formula is C16H37IN4. The van der Waals surface area contributed by atoms with Crippen molar-refractivity contribution in [2.24, 2.45) is 10.9 Å². The van der Waals surface area contributed by atoms with Gasteiger partial charge in [-0.1, -0.05) is 13.8 Å². The summed E-state index contributed by atoms with van der Waals surface area (Å²) in [4.78, 5) is 7.16. The molecule has 0 aromatic carbocycles. The van der Waals surface area contributed by atoms with Gasteiger partial charge in [0.25, 0.3) is 0 Å². The average molecular weight is 412 g/mol. The SMILES string of the molecule is CCNC(=NCCN(C(C)C)C(C)C)NC(C)C(C)C.I. The van der Waals surface area contributed by atoms with E-state index in [0.29, 0.717) is 24.0 Å². The molecule has 5 heteroatoms. The first-order valence-electron chi connectivity index (χ1n) is 8.10. The number of rotatable bonds is 8. The molecule has 0 aromatic heterocycles. The predicted octanol–water partition coefficient (Wildman–Crippen LogP) is 3.32. The lowest BCUT2D eigenvalue weighted by molar-refractivity contribution is 0.181. The van der Waals surface area contributed by atoms with Crippen LogP contribution in [0, 0.1) is 5.92 Å². The number of halogens is 1. The summed E-state index contributed by atoms with van der Waals surface area (Å²) < 4.78 is 0.